The number of fused-ring (bicyclic) bond motifs is 1. The third-order valence-electron chi connectivity index (χ3n) is 3.22. The van der Waals surface area contributed by atoms with Gasteiger partial charge in [-0.2, -0.15) is 0 Å². The van der Waals surface area contributed by atoms with E-state index in [1.807, 2.05) is 6.92 Å². The number of hydrogen-bond donors (Lipinski definition) is 1. The molecule has 0 bridgehead atoms. The van der Waals surface area contributed by atoms with Crippen molar-refractivity contribution >= 4 is 22.8 Å². The number of carbonyl (C=O) groups excluding carboxylic acids is 2. The van der Waals surface area contributed by atoms with Crippen molar-refractivity contribution < 1.29 is 18.7 Å². The zero-order valence-electron chi connectivity index (χ0n) is 13.0. The molecule has 6 heteroatoms. The van der Waals surface area contributed by atoms with Crippen LogP contribution in [0.2, 0.25) is 0 Å². The normalized spacial score (nSPS) is 10.5. The maximum atomic E-state index is 12.2. The zero-order valence-corrected chi connectivity index (χ0v) is 13.0. The van der Waals surface area contributed by atoms with Gasteiger partial charge in [0, 0.05) is 32.6 Å². The molecule has 0 atom stereocenters. The Bertz CT molecular complexity index is 676. The number of furan rings is 1. The summed E-state index contributed by atoms with van der Waals surface area (Å²) in [6, 6.07) is 5.16. The van der Waals surface area contributed by atoms with Crippen LogP contribution in [-0.4, -0.2) is 44.0 Å². The van der Waals surface area contributed by atoms with E-state index in [0.29, 0.717) is 23.5 Å². The van der Waals surface area contributed by atoms with Gasteiger partial charge in [0.1, 0.15) is 11.3 Å². The molecule has 1 N–H and O–H groups in total. The second-order valence-corrected chi connectivity index (χ2v) is 5.03. The Morgan fingerprint density at radius 3 is 2.77 bits per heavy atom. The topological polar surface area (TPSA) is 71.8 Å². The summed E-state index contributed by atoms with van der Waals surface area (Å²) in [5, 5.41) is 3.56. The highest BCUT2D eigenvalue weighted by Crippen LogP contribution is 2.28. The number of ether oxygens (including phenoxy) is 1. The molecule has 6 nitrogen and oxygen atoms in total. The highest BCUT2D eigenvalue weighted by Gasteiger charge is 2.13. The number of carbonyl (C=O) groups is 2. The van der Waals surface area contributed by atoms with Crippen molar-refractivity contribution in [1.29, 1.82) is 0 Å². The zero-order chi connectivity index (χ0) is 16.1. The van der Waals surface area contributed by atoms with Gasteiger partial charge in [0.15, 0.2) is 0 Å². The third kappa shape index (κ3) is 3.58. The first-order chi connectivity index (χ1) is 10.5. The van der Waals surface area contributed by atoms with E-state index in [4.69, 9.17) is 9.15 Å². The smallest absolute Gasteiger partial charge is 0.251 e. The molecule has 2 amide bonds. The van der Waals surface area contributed by atoms with Gasteiger partial charge < -0.3 is 19.4 Å². The Kier molecular flexibility index (Phi) is 5.04. The maximum Gasteiger partial charge on any atom is 0.251 e. The molecule has 0 saturated heterocycles. The lowest BCUT2D eigenvalue weighted by atomic mass is 10.1. The highest BCUT2D eigenvalue weighted by atomic mass is 16.5. The molecule has 22 heavy (non-hydrogen) atoms. The molecule has 1 heterocycles. The lowest BCUT2D eigenvalue weighted by molar-refractivity contribution is -0.128. The molecule has 0 aliphatic rings. The molecule has 118 valence electrons. The molecule has 0 fully saturated rings. The Hall–Kier alpha value is -2.50. The number of amides is 2. The van der Waals surface area contributed by atoms with E-state index in [1.54, 1.807) is 38.6 Å². The van der Waals surface area contributed by atoms with Crippen molar-refractivity contribution in [3.05, 3.63) is 30.0 Å². The fourth-order valence-corrected chi connectivity index (χ4v) is 2.05. The Morgan fingerprint density at radius 1 is 1.32 bits per heavy atom. The summed E-state index contributed by atoms with van der Waals surface area (Å²) in [5.41, 5.74) is 1.05. The Balaban J connectivity index is 2.09. The first-order valence-corrected chi connectivity index (χ1v) is 7.15. The van der Waals surface area contributed by atoms with Gasteiger partial charge in [-0.05, 0) is 25.1 Å². The number of hydrogen-bond acceptors (Lipinski definition) is 4. The summed E-state index contributed by atoms with van der Waals surface area (Å²) < 4.78 is 10.9. The Morgan fingerprint density at radius 2 is 2.09 bits per heavy atom. The van der Waals surface area contributed by atoms with Crippen LogP contribution in [0.15, 0.2) is 28.9 Å². The van der Waals surface area contributed by atoms with Gasteiger partial charge >= 0.3 is 0 Å². The highest BCUT2D eigenvalue weighted by molar-refractivity contribution is 5.99. The van der Waals surface area contributed by atoms with E-state index >= 15 is 0 Å². The third-order valence-corrected chi connectivity index (χ3v) is 3.22. The van der Waals surface area contributed by atoms with Crippen molar-refractivity contribution in [2.45, 2.75) is 13.3 Å². The van der Waals surface area contributed by atoms with Crippen molar-refractivity contribution in [3.8, 4) is 5.75 Å². The van der Waals surface area contributed by atoms with Gasteiger partial charge in [-0.3, -0.25) is 9.59 Å². The number of nitrogens with zero attached hydrogens (tertiary/aromatic N) is 1. The van der Waals surface area contributed by atoms with Gasteiger partial charge in [0.2, 0.25) is 5.91 Å². The molecule has 0 aliphatic carbocycles. The molecule has 0 unspecified atom stereocenters. The summed E-state index contributed by atoms with van der Waals surface area (Å²) in [4.78, 5) is 25.2. The predicted octanol–water partition coefficient (Wildman–Crippen LogP) is 2.04. The summed E-state index contributed by atoms with van der Waals surface area (Å²) in [6.07, 6.45) is 1.82. The van der Waals surface area contributed by atoms with Gasteiger partial charge in [-0.15, -0.1) is 0 Å². The average molecular weight is 304 g/mol. The van der Waals surface area contributed by atoms with Crippen molar-refractivity contribution in [2.75, 3.05) is 27.2 Å². The molecule has 2 aromatic rings. The lowest BCUT2D eigenvalue weighted by Crippen LogP contribution is -2.30. The summed E-state index contributed by atoms with van der Waals surface area (Å²) in [7, 11) is 3.37. The number of rotatable bonds is 6. The summed E-state index contributed by atoms with van der Waals surface area (Å²) in [6.45, 7) is 2.67. The fourth-order valence-electron chi connectivity index (χ4n) is 2.05. The number of nitrogens with one attached hydrogen (secondary N) is 1. The molecule has 2 rings (SSSR count). The van der Waals surface area contributed by atoms with E-state index in [1.165, 1.54) is 4.90 Å². The maximum absolute atomic E-state index is 12.2. The minimum atomic E-state index is -0.259. The van der Waals surface area contributed by atoms with E-state index in [2.05, 4.69) is 5.32 Å². The van der Waals surface area contributed by atoms with Gasteiger partial charge in [-0.1, -0.05) is 0 Å². The SMILES string of the molecule is CCOc1cc(C(=O)NCCC(=O)N(C)C)cc2occc12. The van der Waals surface area contributed by atoms with Gasteiger partial charge in [-0.25, -0.2) is 0 Å². The van der Waals surface area contributed by atoms with Gasteiger partial charge in [0.05, 0.1) is 18.3 Å². The first-order valence-electron chi connectivity index (χ1n) is 7.15. The first kappa shape index (κ1) is 15.9. The molecular formula is C16H20N2O4. The largest absolute Gasteiger partial charge is 0.493 e. The summed E-state index contributed by atoms with van der Waals surface area (Å²) in [5.74, 6) is 0.325. The second kappa shape index (κ2) is 6.98. The number of benzene rings is 1. The average Bonchev–Trinajstić information content (AvgIpc) is 2.95. The lowest BCUT2D eigenvalue weighted by Gasteiger charge is -2.11. The van der Waals surface area contributed by atoms with Crippen LogP contribution in [0.4, 0.5) is 0 Å². The van der Waals surface area contributed by atoms with Crippen LogP contribution in [0.5, 0.6) is 5.75 Å². The van der Waals surface area contributed by atoms with Crippen LogP contribution in [0.1, 0.15) is 23.7 Å². The van der Waals surface area contributed by atoms with E-state index in [-0.39, 0.29) is 24.8 Å². The fraction of sp³-hybridized carbons (Fsp3) is 0.375. The van der Waals surface area contributed by atoms with Crippen molar-refractivity contribution in [3.63, 3.8) is 0 Å². The van der Waals surface area contributed by atoms with Crippen molar-refractivity contribution in [2.24, 2.45) is 0 Å². The molecule has 1 aromatic heterocycles. The standard InChI is InChI=1S/C16H20N2O4/c1-4-21-13-9-11(10-14-12(13)6-8-22-14)16(20)17-7-5-15(19)18(2)3/h6,8-10H,4-5,7H2,1-3H3,(H,17,20). The molecular weight excluding hydrogens is 284 g/mol. The minimum Gasteiger partial charge on any atom is -0.493 e. The van der Waals surface area contributed by atoms with E-state index in [9.17, 15) is 9.59 Å². The molecule has 1 aromatic carbocycles. The molecule has 0 radical (unpaired) electrons. The quantitative estimate of drug-likeness (QED) is 0.886. The molecule has 0 spiro atoms. The molecule has 0 saturated carbocycles. The van der Waals surface area contributed by atoms with E-state index in [0.717, 1.165) is 5.39 Å². The van der Waals surface area contributed by atoms with Crippen molar-refractivity contribution in [1.82, 2.24) is 10.2 Å². The minimum absolute atomic E-state index is 0.0307. The Labute approximate surface area is 129 Å². The van der Waals surface area contributed by atoms with Crippen LogP contribution in [-0.2, 0) is 4.79 Å². The molecule has 0 aliphatic heterocycles. The van der Waals surface area contributed by atoms with Crippen LogP contribution < -0.4 is 10.1 Å². The van der Waals surface area contributed by atoms with Crippen LogP contribution in [0, 0.1) is 0 Å². The predicted molar refractivity (Wildman–Crippen MR) is 83.0 cm³/mol. The van der Waals surface area contributed by atoms with Crippen LogP contribution >= 0.6 is 0 Å². The van der Waals surface area contributed by atoms with Crippen LogP contribution in [0.25, 0.3) is 11.0 Å². The van der Waals surface area contributed by atoms with E-state index < -0.39 is 0 Å². The monoisotopic (exact) mass is 304 g/mol. The second-order valence-electron chi connectivity index (χ2n) is 5.03. The van der Waals surface area contributed by atoms with Gasteiger partial charge in [0.25, 0.3) is 5.91 Å². The van der Waals surface area contributed by atoms with Crippen LogP contribution in [0.3, 0.4) is 0 Å². The summed E-state index contributed by atoms with van der Waals surface area (Å²) >= 11 is 0.